The molecule has 0 amide bonds. The Labute approximate surface area is 217 Å². The van der Waals surface area contributed by atoms with Crippen LogP contribution in [0, 0.1) is 5.82 Å². The Hall–Kier alpha value is -2.58. The first-order valence-electron chi connectivity index (χ1n) is 11.4. The third-order valence-corrected chi connectivity index (χ3v) is 8.81. The molecule has 2 fully saturated rings. The fraction of sp³-hybridized carbons (Fsp3) is 0.409. The second-order valence-electron chi connectivity index (χ2n) is 8.45. The van der Waals surface area contributed by atoms with Crippen LogP contribution in [-0.4, -0.2) is 87.6 Å². The number of morpholine rings is 1. The van der Waals surface area contributed by atoms with Gasteiger partial charge in [0.05, 0.1) is 45.9 Å². The Morgan fingerprint density at radius 2 is 1.86 bits per heavy atom. The predicted molar refractivity (Wildman–Crippen MR) is 142 cm³/mol. The second kappa shape index (κ2) is 10.4. The molecule has 5 rings (SSSR count). The number of aromatic nitrogens is 2. The van der Waals surface area contributed by atoms with E-state index in [0.29, 0.717) is 64.0 Å². The standard InChI is InChI=1S/C22H25ClFN7O3S2/c1-36(32,33)31-6-4-29(5-7-31)19-13-18-20(35-19)21(30-8-10-34-11-9-30)27-22(26-18)28-25-14-15-2-3-16(24)12-17(15)23/h2-3,12-14H,4-11H2,1H3,(H,26,27,28)/b25-14+. The topological polar surface area (TPSA) is 103 Å². The van der Waals surface area contributed by atoms with Gasteiger partial charge in [0, 0.05) is 44.8 Å². The predicted octanol–water partition coefficient (Wildman–Crippen LogP) is 2.85. The highest BCUT2D eigenvalue weighted by molar-refractivity contribution is 7.88. The summed E-state index contributed by atoms with van der Waals surface area (Å²) in [6.45, 7) is 4.75. The number of halogens is 2. The van der Waals surface area contributed by atoms with Crippen LogP contribution in [0.5, 0.6) is 0 Å². The minimum absolute atomic E-state index is 0.254. The normalized spacial score (nSPS) is 17.9. The van der Waals surface area contributed by atoms with E-state index in [4.69, 9.17) is 21.3 Å². The van der Waals surface area contributed by atoms with Crippen LogP contribution in [0.2, 0.25) is 5.02 Å². The maximum Gasteiger partial charge on any atom is 0.246 e. The highest BCUT2D eigenvalue weighted by atomic mass is 35.5. The number of ether oxygens (including phenoxy) is 1. The van der Waals surface area contributed by atoms with Crippen LogP contribution >= 0.6 is 22.9 Å². The average molecular weight is 554 g/mol. The lowest BCUT2D eigenvalue weighted by Gasteiger charge is -2.33. The molecule has 0 atom stereocenters. The van der Waals surface area contributed by atoms with E-state index in [1.54, 1.807) is 17.4 Å². The number of fused-ring (bicyclic) bond motifs is 1. The van der Waals surface area contributed by atoms with Crippen LogP contribution in [0.1, 0.15) is 5.56 Å². The maximum atomic E-state index is 13.3. The van der Waals surface area contributed by atoms with Crippen LogP contribution in [0.4, 0.5) is 21.2 Å². The molecule has 4 heterocycles. The van der Waals surface area contributed by atoms with Crippen molar-refractivity contribution < 1.29 is 17.5 Å². The fourth-order valence-electron chi connectivity index (χ4n) is 4.10. The first kappa shape index (κ1) is 25.1. The molecule has 14 heteroatoms. The lowest BCUT2D eigenvalue weighted by atomic mass is 10.2. The summed E-state index contributed by atoms with van der Waals surface area (Å²) in [5.74, 6) is 0.705. The van der Waals surface area contributed by atoms with Gasteiger partial charge < -0.3 is 14.5 Å². The summed E-state index contributed by atoms with van der Waals surface area (Å²) >= 11 is 7.68. The Kier molecular flexibility index (Phi) is 7.26. The molecule has 0 bridgehead atoms. The Balaban J connectivity index is 1.42. The van der Waals surface area contributed by atoms with Gasteiger partial charge in [-0.1, -0.05) is 11.6 Å². The first-order chi connectivity index (χ1) is 17.3. The number of hydrogen-bond donors (Lipinski definition) is 1. The molecule has 2 aromatic heterocycles. The smallest absolute Gasteiger partial charge is 0.246 e. The highest BCUT2D eigenvalue weighted by Gasteiger charge is 2.26. The van der Waals surface area contributed by atoms with E-state index >= 15 is 0 Å². The summed E-state index contributed by atoms with van der Waals surface area (Å²) in [4.78, 5) is 13.7. The molecule has 2 aliphatic rings. The summed E-state index contributed by atoms with van der Waals surface area (Å²) in [5, 5.41) is 5.47. The van der Waals surface area contributed by atoms with E-state index in [2.05, 4.69) is 25.3 Å². The van der Waals surface area contributed by atoms with Crippen molar-refractivity contribution in [1.82, 2.24) is 14.3 Å². The first-order valence-corrected chi connectivity index (χ1v) is 14.4. The molecular weight excluding hydrogens is 529 g/mol. The molecule has 0 unspecified atom stereocenters. The number of hydrogen-bond acceptors (Lipinski definition) is 10. The lowest BCUT2D eigenvalue weighted by Crippen LogP contribution is -2.48. The van der Waals surface area contributed by atoms with Gasteiger partial charge in [0.2, 0.25) is 16.0 Å². The summed E-state index contributed by atoms with van der Waals surface area (Å²) in [5.41, 5.74) is 4.21. The van der Waals surface area contributed by atoms with Crippen molar-refractivity contribution in [2.45, 2.75) is 0 Å². The summed E-state index contributed by atoms with van der Waals surface area (Å²) in [6, 6.07) is 6.09. The molecule has 0 aliphatic carbocycles. The molecule has 10 nitrogen and oxygen atoms in total. The van der Waals surface area contributed by atoms with Crippen molar-refractivity contribution in [2.75, 3.05) is 74.0 Å². The third kappa shape index (κ3) is 5.54. The molecular formula is C22H25ClFN7O3S2. The zero-order valence-corrected chi connectivity index (χ0v) is 21.9. The third-order valence-electron chi connectivity index (χ3n) is 6.00. The van der Waals surface area contributed by atoms with E-state index in [-0.39, 0.29) is 5.02 Å². The molecule has 2 aliphatic heterocycles. The van der Waals surface area contributed by atoms with E-state index in [0.717, 1.165) is 21.0 Å². The number of benzene rings is 1. The van der Waals surface area contributed by atoms with Gasteiger partial charge in [-0.25, -0.2) is 23.2 Å². The van der Waals surface area contributed by atoms with Crippen molar-refractivity contribution in [3.8, 4) is 0 Å². The molecule has 192 valence electrons. The minimum Gasteiger partial charge on any atom is -0.378 e. The molecule has 3 aromatic rings. The SMILES string of the molecule is CS(=O)(=O)N1CCN(c2cc3nc(N/N=C/c4ccc(F)cc4Cl)nc(N4CCOCC4)c3s2)CC1. The number of anilines is 3. The quantitative estimate of drug-likeness (QED) is 0.367. The van der Waals surface area contributed by atoms with Gasteiger partial charge in [0.25, 0.3) is 0 Å². The fourth-order valence-corrected chi connectivity index (χ4v) is 6.31. The molecule has 1 aromatic carbocycles. The van der Waals surface area contributed by atoms with Crippen LogP contribution in [0.15, 0.2) is 29.4 Å². The van der Waals surface area contributed by atoms with Gasteiger partial charge >= 0.3 is 0 Å². The van der Waals surface area contributed by atoms with Gasteiger partial charge in [-0.2, -0.15) is 14.4 Å². The number of rotatable bonds is 6. The zero-order valence-electron chi connectivity index (χ0n) is 19.5. The lowest BCUT2D eigenvalue weighted by molar-refractivity contribution is 0.122. The number of piperazine rings is 1. The van der Waals surface area contributed by atoms with Gasteiger partial charge in [0.1, 0.15) is 5.82 Å². The van der Waals surface area contributed by atoms with Crippen molar-refractivity contribution in [1.29, 1.82) is 0 Å². The maximum absolute atomic E-state index is 13.3. The number of hydrazone groups is 1. The van der Waals surface area contributed by atoms with Gasteiger partial charge in [-0.05, 0) is 24.3 Å². The highest BCUT2D eigenvalue weighted by Crippen LogP contribution is 2.38. The van der Waals surface area contributed by atoms with Crippen molar-refractivity contribution in [3.05, 3.63) is 40.7 Å². The van der Waals surface area contributed by atoms with Gasteiger partial charge in [-0.15, -0.1) is 11.3 Å². The monoisotopic (exact) mass is 553 g/mol. The Morgan fingerprint density at radius 3 is 2.56 bits per heavy atom. The Morgan fingerprint density at radius 1 is 1.11 bits per heavy atom. The van der Waals surface area contributed by atoms with E-state index < -0.39 is 15.8 Å². The number of thiophene rings is 1. The van der Waals surface area contributed by atoms with Crippen LogP contribution in [-0.2, 0) is 14.8 Å². The van der Waals surface area contributed by atoms with E-state index in [1.165, 1.54) is 28.9 Å². The van der Waals surface area contributed by atoms with Gasteiger partial charge in [0.15, 0.2) is 5.82 Å². The molecule has 0 spiro atoms. The molecule has 0 saturated carbocycles. The van der Waals surface area contributed by atoms with Crippen LogP contribution in [0.3, 0.4) is 0 Å². The summed E-state index contributed by atoms with van der Waals surface area (Å²) < 4.78 is 45.0. The number of nitrogens with zero attached hydrogens (tertiary/aromatic N) is 6. The second-order valence-corrected chi connectivity index (χ2v) is 11.9. The molecule has 1 N–H and O–H groups in total. The van der Waals surface area contributed by atoms with Crippen molar-refractivity contribution in [3.63, 3.8) is 0 Å². The average Bonchev–Trinajstić information content (AvgIpc) is 3.29. The minimum atomic E-state index is -3.20. The number of nitrogens with one attached hydrogen (secondary N) is 1. The zero-order chi connectivity index (χ0) is 25.3. The van der Waals surface area contributed by atoms with Gasteiger partial charge in [-0.3, -0.25) is 0 Å². The molecule has 36 heavy (non-hydrogen) atoms. The van der Waals surface area contributed by atoms with E-state index in [1.807, 2.05) is 6.07 Å². The largest absolute Gasteiger partial charge is 0.378 e. The van der Waals surface area contributed by atoms with Crippen LogP contribution < -0.4 is 15.2 Å². The van der Waals surface area contributed by atoms with Crippen molar-refractivity contribution in [2.24, 2.45) is 5.10 Å². The van der Waals surface area contributed by atoms with Crippen LogP contribution in [0.25, 0.3) is 10.2 Å². The van der Waals surface area contributed by atoms with E-state index in [9.17, 15) is 12.8 Å². The summed E-state index contributed by atoms with van der Waals surface area (Å²) in [6.07, 6.45) is 2.73. The Bertz CT molecular complexity index is 1390. The summed E-state index contributed by atoms with van der Waals surface area (Å²) in [7, 11) is -3.20. The number of sulfonamides is 1. The van der Waals surface area contributed by atoms with Crippen molar-refractivity contribution >= 4 is 66.2 Å². The molecule has 0 radical (unpaired) electrons. The molecule has 2 saturated heterocycles.